The van der Waals surface area contributed by atoms with Crippen molar-refractivity contribution in [2.24, 2.45) is 0 Å². The van der Waals surface area contributed by atoms with Crippen molar-refractivity contribution < 1.29 is 4.92 Å². The van der Waals surface area contributed by atoms with Crippen molar-refractivity contribution in [2.45, 2.75) is 0 Å². The van der Waals surface area contributed by atoms with E-state index in [2.05, 4.69) is 9.97 Å². The molecule has 0 atom stereocenters. The van der Waals surface area contributed by atoms with E-state index in [1.54, 1.807) is 18.3 Å². The number of imidazole rings is 1. The number of para-hydroxylation sites is 2. The molecule has 4 rings (SSSR count). The van der Waals surface area contributed by atoms with E-state index in [0.717, 1.165) is 22.2 Å². The monoisotopic (exact) mass is 290 g/mol. The lowest BCUT2D eigenvalue weighted by atomic mass is 10.1. The molecule has 0 aliphatic rings. The SMILES string of the molecule is O=[N+]([O-])c1ccc(-c2nc3ccccc3n3ccnc23)cc1. The summed E-state index contributed by atoms with van der Waals surface area (Å²) in [5, 5.41) is 10.8. The second kappa shape index (κ2) is 4.63. The first kappa shape index (κ1) is 12.5. The average molecular weight is 290 g/mol. The first-order valence-corrected chi connectivity index (χ1v) is 6.71. The Morgan fingerprint density at radius 2 is 1.82 bits per heavy atom. The van der Waals surface area contributed by atoms with Crippen LogP contribution in [0.1, 0.15) is 0 Å². The lowest BCUT2D eigenvalue weighted by Crippen LogP contribution is -1.95. The predicted molar refractivity (Wildman–Crippen MR) is 82.6 cm³/mol. The topological polar surface area (TPSA) is 73.3 Å². The van der Waals surface area contributed by atoms with Crippen LogP contribution in [0.15, 0.2) is 60.9 Å². The molecule has 0 saturated heterocycles. The molecule has 0 fully saturated rings. The Hall–Kier alpha value is -3.28. The van der Waals surface area contributed by atoms with Gasteiger partial charge in [0.2, 0.25) is 0 Å². The molecule has 0 aliphatic carbocycles. The van der Waals surface area contributed by atoms with Gasteiger partial charge in [0.25, 0.3) is 5.69 Å². The van der Waals surface area contributed by atoms with Crippen LogP contribution in [0.5, 0.6) is 0 Å². The summed E-state index contributed by atoms with van der Waals surface area (Å²) in [5.41, 5.74) is 4.12. The second-order valence-corrected chi connectivity index (χ2v) is 4.87. The van der Waals surface area contributed by atoms with E-state index < -0.39 is 4.92 Å². The minimum Gasteiger partial charge on any atom is -0.296 e. The molecule has 22 heavy (non-hydrogen) atoms. The van der Waals surface area contributed by atoms with E-state index in [0.29, 0.717) is 5.69 Å². The number of non-ortho nitro benzene ring substituents is 1. The van der Waals surface area contributed by atoms with Crippen molar-refractivity contribution >= 4 is 22.4 Å². The summed E-state index contributed by atoms with van der Waals surface area (Å²) in [7, 11) is 0. The number of benzene rings is 2. The molecule has 0 radical (unpaired) electrons. The Morgan fingerprint density at radius 3 is 2.59 bits per heavy atom. The molecule has 0 saturated carbocycles. The third-order valence-corrected chi connectivity index (χ3v) is 3.58. The number of fused-ring (bicyclic) bond motifs is 3. The van der Waals surface area contributed by atoms with Crippen LogP contribution in [0.2, 0.25) is 0 Å². The van der Waals surface area contributed by atoms with Crippen LogP contribution in [-0.2, 0) is 0 Å². The van der Waals surface area contributed by atoms with Gasteiger partial charge in [-0.15, -0.1) is 0 Å². The van der Waals surface area contributed by atoms with Gasteiger partial charge < -0.3 is 0 Å². The van der Waals surface area contributed by atoms with Crippen LogP contribution >= 0.6 is 0 Å². The van der Waals surface area contributed by atoms with Crippen LogP contribution in [0.25, 0.3) is 27.9 Å². The molecule has 106 valence electrons. The maximum atomic E-state index is 10.8. The maximum Gasteiger partial charge on any atom is 0.269 e. The lowest BCUT2D eigenvalue weighted by Gasteiger charge is -2.07. The van der Waals surface area contributed by atoms with Gasteiger partial charge in [-0.3, -0.25) is 14.5 Å². The lowest BCUT2D eigenvalue weighted by molar-refractivity contribution is -0.384. The molecule has 2 aromatic heterocycles. The number of rotatable bonds is 2. The van der Waals surface area contributed by atoms with Gasteiger partial charge in [-0.1, -0.05) is 12.1 Å². The number of nitrogens with zero attached hydrogens (tertiary/aromatic N) is 4. The summed E-state index contributed by atoms with van der Waals surface area (Å²) >= 11 is 0. The van der Waals surface area contributed by atoms with Gasteiger partial charge in [-0.2, -0.15) is 0 Å². The molecule has 6 heteroatoms. The summed E-state index contributed by atoms with van der Waals surface area (Å²) < 4.78 is 1.97. The predicted octanol–water partition coefficient (Wildman–Crippen LogP) is 3.46. The highest BCUT2D eigenvalue weighted by molar-refractivity contribution is 5.85. The zero-order chi connectivity index (χ0) is 15.1. The van der Waals surface area contributed by atoms with E-state index in [9.17, 15) is 10.1 Å². The van der Waals surface area contributed by atoms with Gasteiger partial charge >= 0.3 is 0 Å². The summed E-state index contributed by atoms with van der Waals surface area (Å²) in [6.07, 6.45) is 3.60. The van der Waals surface area contributed by atoms with E-state index in [1.807, 2.05) is 34.9 Å². The van der Waals surface area contributed by atoms with Gasteiger partial charge in [0.1, 0.15) is 5.69 Å². The number of hydrogen-bond acceptors (Lipinski definition) is 4. The Kier molecular flexibility index (Phi) is 2.62. The number of hydrogen-bond donors (Lipinski definition) is 0. The maximum absolute atomic E-state index is 10.8. The van der Waals surface area contributed by atoms with Crippen LogP contribution in [0.4, 0.5) is 5.69 Å². The highest BCUT2D eigenvalue weighted by Crippen LogP contribution is 2.27. The standard InChI is InChI=1S/C16H10N4O2/c21-20(22)12-7-5-11(6-8-12)15-16-17-9-10-19(16)14-4-2-1-3-13(14)18-15/h1-10H. The largest absolute Gasteiger partial charge is 0.296 e. The molecule has 0 N–H and O–H groups in total. The van der Waals surface area contributed by atoms with Crippen LogP contribution < -0.4 is 0 Å². The van der Waals surface area contributed by atoms with Gasteiger partial charge in [-0.05, 0) is 24.3 Å². The molecule has 0 aliphatic heterocycles. The molecule has 2 aromatic carbocycles. The Morgan fingerprint density at radius 1 is 1.05 bits per heavy atom. The summed E-state index contributed by atoms with van der Waals surface area (Å²) in [4.78, 5) is 19.4. The quantitative estimate of drug-likeness (QED) is 0.418. The molecule has 0 bridgehead atoms. The van der Waals surface area contributed by atoms with E-state index in [1.165, 1.54) is 12.1 Å². The van der Waals surface area contributed by atoms with E-state index in [4.69, 9.17) is 0 Å². The molecule has 0 spiro atoms. The molecular weight excluding hydrogens is 280 g/mol. The fraction of sp³-hybridized carbons (Fsp3) is 0. The van der Waals surface area contributed by atoms with Crippen molar-refractivity contribution in [3.8, 4) is 11.3 Å². The third-order valence-electron chi connectivity index (χ3n) is 3.58. The van der Waals surface area contributed by atoms with Crippen molar-refractivity contribution in [3.05, 3.63) is 71.0 Å². The van der Waals surface area contributed by atoms with Crippen molar-refractivity contribution in [2.75, 3.05) is 0 Å². The van der Waals surface area contributed by atoms with Crippen LogP contribution in [-0.4, -0.2) is 19.3 Å². The van der Waals surface area contributed by atoms with E-state index in [-0.39, 0.29) is 5.69 Å². The molecule has 2 heterocycles. The smallest absolute Gasteiger partial charge is 0.269 e. The summed E-state index contributed by atoms with van der Waals surface area (Å²) in [6, 6.07) is 14.2. The molecular formula is C16H10N4O2. The molecule has 6 nitrogen and oxygen atoms in total. The van der Waals surface area contributed by atoms with Crippen molar-refractivity contribution in [3.63, 3.8) is 0 Å². The Labute approximate surface area is 124 Å². The minimum absolute atomic E-state index is 0.0592. The average Bonchev–Trinajstić information content (AvgIpc) is 3.04. The fourth-order valence-electron chi connectivity index (χ4n) is 2.54. The Balaban J connectivity index is 2.00. The Bertz CT molecular complexity index is 1010. The fourth-order valence-corrected chi connectivity index (χ4v) is 2.54. The highest BCUT2D eigenvalue weighted by Gasteiger charge is 2.12. The number of nitro benzene ring substituents is 1. The molecule has 4 aromatic rings. The van der Waals surface area contributed by atoms with Crippen molar-refractivity contribution in [1.29, 1.82) is 0 Å². The van der Waals surface area contributed by atoms with Gasteiger partial charge in [0.05, 0.1) is 16.0 Å². The zero-order valence-corrected chi connectivity index (χ0v) is 11.4. The van der Waals surface area contributed by atoms with Crippen molar-refractivity contribution in [1.82, 2.24) is 14.4 Å². The van der Waals surface area contributed by atoms with Gasteiger partial charge in [-0.25, -0.2) is 9.97 Å². The summed E-state index contributed by atoms with van der Waals surface area (Å²) in [5.74, 6) is 0. The van der Waals surface area contributed by atoms with E-state index >= 15 is 0 Å². The number of aromatic nitrogens is 3. The first-order valence-electron chi connectivity index (χ1n) is 6.71. The summed E-state index contributed by atoms with van der Waals surface area (Å²) in [6.45, 7) is 0. The van der Waals surface area contributed by atoms with Gasteiger partial charge in [0.15, 0.2) is 5.65 Å². The normalized spacial score (nSPS) is 11.1. The van der Waals surface area contributed by atoms with Gasteiger partial charge in [0, 0.05) is 30.1 Å². The third kappa shape index (κ3) is 1.81. The first-order chi connectivity index (χ1) is 10.7. The minimum atomic E-state index is -0.414. The van der Waals surface area contributed by atoms with Crippen LogP contribution in [0, 0.1) is 10.1 Å². The van der Waals surface area contributed by atoms with Crippen LogP contribution in [0.3, 0.4) is 0 Å². The number of nitro groups is 1. The molecule has 0 amide bonds. The highest BCUT2D eigenvalue weighted by atomic mass is 16.6. The molecule has 0 unspecified atom stereocenters. The zero-order valence-electron chi connectivity index (χ0n) is 11.4. The second-order valence-electron chi connectivity index (χ2n) is 4.87.